The summed E-state index contributed by atoms with van der Waals surface area (Å²) in [4.78, 5) is 12.0. The van der Waals surface area contributed by atoms with Gasteiger partial charge in [-0.05, 0) is 54.8 Å². The molecule has 0 saturated heterocycles. The topological polar surface area (TPSA) is 50.7 Å². The van der Waals surface area contributed by atoms with Gasteiger partial charge in [0, 0.05) is 5.56 Å². The molecule has 0 aromatic heterocycles. The lowest BCUT2D eigenvalue weighted by Gasteiger charge is -2.04. The van der Waals surface area contributed by atoms with Crippen molar-refractivity contribution < 1.29 is 9.53 Å². The molecule has 4 nitrogen and oxygen atoms in total. The standard InChI is InChI=1S/C18H20N2O2/c1-3-12-22-16-10-8-15(9-11-16)13-19-20-18(21)17-7-5-4-6-14(17)2/h4-11,13H,3,12H2,1-2H3,(H,20,21). The quantitative estimate of drug-likeness (QED) is 0.654. The molecule has 0 radical (unpaired) electrons. The van der Waals surface area contributed by atoms with Crippen LogP contribution in [-0.4, -0.2) is 18.7 Å². The van der Waals surface area contributed by atoms with Crippen molar-refractivity contribution in [1.29, 1.82) is 0 Å². The minimum Gasteiger partial charge on any atom is -0.494 e. The number of benzene rings is 2. The molecule has 0 unspecified atom stereocenters. The molecule has 2 aromatic carbocycles. The number of ether oxygens (including phenoxy) is 1. The second-order valence-corrected chi connectivity index (χ2v) is 4.93. The number of carbonyl (C=O) groups is 1. The van der Waals surface area contributed by atoms with E-state index in [2.05, 4.69) is 17.5 Å². The lowest BCUT2D eigenvalue weighted by atomic mass is 10.1. The Morgan fingerprint density at radius 3 is 2.59 bits per heavy atom. The third-order valence-electron chi connectivity index (χ3n) is 3.12. The van der Waals surface area contributed by atoms with E-state index < -0.39 is 0 Å². The van der Waals surface area contributed by atoms with Crippen molar-refractivity contribution in [3.8, 4) is 5.75 Å². The van der Waals surface area contributed by atoms with Crippen LogP contribution in [-0.2, 0) is 0 Å². The van der Waals surface area contributed by atoms with Gasteiger partial charge < -0.3 is 4.74 Å². The summed E-state index contributed by atoms with van der Waals surface area (Å²) in [5.74, 6) is 0.625. The first kappa shape index (κ1) is 15.8. The Kier molecular flexibility index (Phi) is 5.72. The normalized spacial score (nSPS) is 10.6. The molecule has 2 aromatic rings. The van der Waals surface area contributed by atoms with Crippen LogP contribution >= 0.6 is 0 Å². The van der Waals surface area contributed by atoms with E-state index >= 15 is 0 Å². The summed E-state index contributed by atoms with van der Waals surface area (Å²) < 4.78 is 5.51. The lowest BCUT2D eigenvalue weighted by molar-refractivity contribution is 0.0954. The Morgan fingerprint density at radius 1 is 1.18 bits per heavy atom. The van der Waals surface area contributed by atoms with Crippen molar-refractivity contribution in [2.75, 3.05) is 6.61 Å². The van der Waals surface area contributed by atoms with Crippen LogP contribution in [0, 0.1) is 6.92 Å². The highest BCUT2D eigenvalue weighted by Crippen LogP contribution is 2.11. The Labute approximate surface area is 130 Å². The molecule has 1 N–H and O–H groups in total. The smallest absolute Gasteiger partial charge is 0.271 e. The lowest BCUT2D eigenvalue weighted by Crippen LogP contribution is -2.18. The van der Waals surface area contributed by atoms with Gasteiger partial charge in [-0.15, -0.1) is 0 Å². The third-order valence-corrected chi connectivity index (χ3v) is 3.12. The molecule has 0 fully saturated rings. The van der Waals surface area contributed by atoms with E-state index in [-0.39, 0.29) is 5.91 Å². The summed E-state index contributed by atoms with van der Waals surface area (Å²) in [5.41, 5.74) is 4.99. The van der Waals surface area contributed by atoms with E-state index in [9.17, 15) is 4.79 Å². The zero-order valence-corrected chi connectivity index (χ0v) is 12.9. The molecule has 22 heavy (non-hydrogen) atoms. The van der Waals surface area contributed by atoms with Gasteiger partial charge in [0.15, 0.2) is 0 Å². The van der Waals surface area contributed by atoms with E-state index in [1.807, 2.05) is 49.4 Å². The Hall–Kier alpha value is -2.62. The van der Waals surface area contributed by atoms with Crippen LogP contribution in [0.25, 0.3) is 0 Å². The maximum Gasteiger partial charge on any atom is 0.271 e. The molecule has 2 rings (SSSR count). The molecule has 0 heterocycles. The molecular weight excluding hydrogens is 276 g/mol. The maximum absolute atomic E-state index is 12.0. The van der Waals surface area contributed by atoms with Gasteiger partial charge in [-0.2, -0.15) is 5.10 Å². The number of hydrogen-bond donors (Lipinski definition) is 1. The van der Waals surface area contributed by atoms with Crippen LogP contribution in [0.3, 0.4) is 0 Å². The Balaban J connectivity index is 1.92. The molecule has 0 spiro atoms. The summed E-state index contributed by atoms with van der Waals surface area (Å²) in [7, 11) is 0. The Morgan fingerprint density at radius 2 is 1.91 bits per heavy atom. The molecule has 0 aliphatic heterocycles. The van der Waals surface area contributed by atoms with Crippen molar-refractivity contribution in [2.45, 2.75) is 20.3 Å². The van der Waals surface area contributed by atoms with Crippen molar-refractivity contribution >= 4 is 12.1 Å². The number of hydrazone groups is 1. The van der Waals surface area contributed by atoms with Crippen molar-refractivity contribution in [3.05, 3.63) is 65.2 Å². The minimum atomic E-state index is -0.211. The predicted molar refractivity (Wildman–Crippen MR) is 88.5 cm³/mol. The zero-order valence-electron chi connectivity index (χ0n) is 12.9. The van der Waals surface area contributed by atoms with E-state index in [0.29, 0.717) is 12.2 Å². The number of aryl methyl sites for hydroxylation is 1. The average Bonchev–Trinajstić information content (AvgIpc) is 2.54. The van der Waals surface area contributed by atoms with Gasteiger partial charge >= 0.3 is 0 Å². The number of nitrogens with zero attached hydrogens (tertiary/aromatic N) is 1. The molecule has 0 aliphatic rings. The molecule has 0 bridgehead atoms. The number of nitrogens with one attached hydrogen (secondary N) is 1. The zero-order chi connectivity index (χ0) is 15.8. The number of hydrogen-bond acceptors (Lipinski definition) is 3. The summed E-state index contributed by atoms with van der Waals surface area (Å²) in [6.45, 7) is 4.67. The number of amides is 1. The second-order valence-electron chi connectivity index (χ2n) is 4.93. The summed E-state index contributed by atoms with van der Waals surface area (Å²) in [6.07, 6.45) is 2.59. The van der Waals surface area contributed by atoms with Gasteiger partial charge in [-0.25, -0.2) is 5.43 Å². The summed E-state index contributed by atoms with van der Waals surface area (Å²) >= 11 is 0. The van der Waals surface area contributed by atoms with Crippen molar-refractivity contribution in [1.82, 2.24) is 5.43 Å². The largest absolute Gasteiger partial charge is 0.494 e. The van der Waals surface area contributed by atoms with Crippen LogP contribution in [0.15, 0.2) is 53.6 Å². The van der Waals surface area contributed by atoms with Crippen molar-refractivity contribution in [2.24, 2.45) is 5.10 Å². The fraction of sp³-hybridized carbons (Fsp3) is 0.222. The number of carbonyl (C=O) groups excluding carboxylic acids is 1. The minimum absolute atomic E-state index is 0.211. The van der Waals surface area contributed by atoms with Gasteiger partial charge in [0.25, 0.3) is 5.91 Å². The molecule has 114 valence electrons. The fourth-order valence-corrected chi connectivity index (χ4v) is 1.92. The first-order valence-electron chi connectivity index (χ1n) is 7.32. The highest BCUT2D eigenvalue weighted by Gasteiger charge is 2.05. The van der Waals surface area contributed by atoms with Crippen LogP contribution in [0.4, 0.5) is 0 Å². The van der Waals surface area contributed by atoms with E-state index in [1.54, 1.807) is 12.3 Å². The third kappa shape index (κ3) is 4.45. The van der Waals surface area contributed by atoms with E-state index in [1.165, 1.54) is 0 Å². The second kappa shape index (κ2) is 7.98. The average molecular weight is 296 g/mol. The van der Waals surface area contributed by atoms with Crippen LogP contribution in [0.1, 0.15) is 34.8 Å². The van der Waals surface area contributed by atoms with Gasteiger partial charge in [-0.1, -0.05) is 25.1 Å². The van der Waals surface area contributed by atoms with E-state index in [4.69, 9.17) is 4.74 Å². The van der Waals surface area contributed by atoms with Gasteiger partial charge in [0.05, 0.1) is 12.8 Å². The van der Waals surface area contributed by atoms with E-state index in [0.717, 1.165) is 23.3 Å². The maximum atomic E-state index is 12.0. The molecule has 0 atom stereocenters. The predicted octanol–water partition coefficient (Wildman–Crippen LogP) is 3.55. The monoisotopic (exact) mass is 296 g/mol. The number of rotatable bonds is 6. The van der Waals surface area contributed by atoms with Crippen LogP contribution in [0.5, 0.6) is 5.75 Å². The van der Waals surface area contributed by atoms with Gasteiger partial charge in [-0.3, -0.25) is 4.79 Å². The SMILES string of the molecule is CCCOc1ccc(C=NNC(=O)c2ccccc2C)cc1. The summed E-state index contributed by atoms with van der Waals surface area (Å²) in [5, 5.41) is 3.99. The molecule has 0 saturated carbocycles. The van der Waals surface area contributed by atoms with Crippen molar-refractivity contribution in [3.63, 3.8) is 0 Å². The molecule has 4 heteroatoms. The van der Waals surface area contributed by atoms with Crippen LogP contribution < -0.4 is 10.2 Å². The van der Waals surface area contributed by atoms with Crippen LogP contribution in [0.2, 0.25) is 0 Å². The summed E-state index contributed by atoms with van der Waals surface area (Å²) in [6, 6.07) is 15.0. The fourth-order valence-electron chi connectivity index (χ4n) is 1.92. The molecule has 1 amide bonds. The molecule has 0 aliphatic carbocycles. The molecular formula is C18H20N2O2. The Bertz CT molecular complexity index is 648. The van der Waals surface area contributed by atoms with Gasteiger partial charge in [0.1, 0.15) is 5.75 Å². The first-order valence-corrected chi connectivity index (χ1v) is 7.32. The first-order chi connectivity index (χ1) is 10.7. The highest BCUT2D eigenvalue weighted by atomic mass is 16.5. The van der Waals surface area contributed by atoms with Gasteiger partial charge in [0.2, 0.25) is 0 Å². The highest BCUT2D eigenvalue weighted by molar-refractivity contribution is 5.96.